The molecule has 0 radical (unpaired) electrons. The van der Waals surface area contributed by atoms with Crippen molar-refractivity contribution in [3.63, 3.8) is 0 Å². The number of ether oxygens (including phenoxy) is 2. The molecule has 1 rings (SSSR count). The van der Waals surface area contributed by atoms with E-state index in [1.54, 1.807) is 14.2 Å². The van der Waals surface area contributed by atoms with Crippen LogP contribution in [0.1, 0.15) is 10.7 Å². The molecule has 10 heteroatoms. The average molecular weight is 354 g/mol. The van der Waals surface area contributed by atoms with Crippen molar-refractivity contribution < 1.29 is 22.6 Å². The Morgan fingerprint density at radius 3 is 2.61 bits per heavy atom. The highest BCUT2D eigenvalue weighted by molar-refractivity contribution is 7.09. The molecule has 0 amide bonds. The van der Waals surface area contributed by atoms with Gasteiger partial charge in [0.1, 0.15) is 0 Å². The molecule has 0 saturated heterocycles. The Hall–Kier alpha value is -1.39. The zero-order chi connectivity index (χ0) is 17.1. The zero-order valence-corrected chi connectivity index (χ0v) is 13.9. The molecular weight excluding hydrogens is 333 g/mol. The number of halogens is 3. The predicted octanol–water partition coefficient (Wildman–Crippen LogP) is 1.53. The van der Waals surface area contributed by atoms with E-state index in [4.69, 9.17) is 9.47 Å². The third kappa shape index (κ3) is 8.14. The molecule has 0 aliphatic rings. The minimum absolute atomic E-state index is 0.395. The van der Waals surface area contributed by atoms with E-state index in [9.17, 15) is 13.2 Å². The number of aromatic nitrogens is 1. The summed E-state index contributed by atoms with van der Waals surface area (Å²) in [6, 6.07) is 0. The molecule has 0 aliphatic heterocycles. The van der Waals surface area contributed by atoms with Gasteiger partial charge in [0.15, 0.2) is 11.7 Å². The highest BCUT2D eigenvalue weighted by Crippen LogP contribution is 2.29. The third-order valence-corrected chi connectivity index (χ3v) is 3.58. The Bertz CT molecular complexity index is 480. The van der Waals surface area contributed by atoms with Crippen LogP contribution in [0.5, 0.6) is 0 Å². The van der Waals surface area contributed by atoms with Gasteiger partial charge in [-0.05, 0) is 0 Å². The number of alkyl halides is 3. The summed E-state index contributed by atoms with van der Waals surface area (Å²) in [6.07, 6.45) is -3.99. The summed E-state index contributed by atoms with van der Waals surface area (Å²) in [6.45, 7) is 2.58. The molecular formula is C13H21F3N4O2S. The minimum atomic E-state index is -4.39. The smallest absolute Gasteiger partial charge is 0.382 e. The van der Waals surface area contributed by atoms with Gasteiger partial charge in [-0.15, -0.1) is 11.3 Å². The van der Waals surface area contributed by atoms with E-state index in [1.165, 1.54) is 0 Å². The third-order valence-electron chi connectivity index (χ3n) is 2.67. The summed E-state index contributed by atoms with van der Waals surface area (Å²) < 4.78 is 47.5. The first-order valence-corrected chi connectivity index (χ1v) is 7.88. The fourth-order valence-electron chi connectivity index (χ4n) is 1.55. The average Bonchev–Trinajstić information content (AvgIpc) is 2.98. The summed E-state index contributed by atoms with van der Waals surface area (Å²) in [7, 11) is 3.22. The molecule has 0 spiro atoms. The topological polar surface area (TPSA) is 67.8 Å². The Kier molecular flexibility index (Phi) is 8.89. The van der Waals surface area contributed by atoms with Gasteiger partial charge in [-0.25, -0.2) is 4.98 Å². The van der Waals surface area contributed by atoms with E-state index in [1.807, 2.05) is 0 Å². The first kappa shape index (κ1) is 19.7. The molecule has 0 aliphatic carbocycles. The molecule has 0 atom stereocenters. The maximum Gasteiger partial charge on any atom is 0.434 e. The number of nitrogens with one attached hydrogen (secondary N) is 2. The summed E-state index contributed by atoms with van der Waals surface area (Å²) in [5.74, 6) is 0.563. The second kappa shape index (κ2) is 10.4. The lowest BCUT2D eigenvalue weighted by molar-refractivity contribution is -0.140. The van der Waals surface area contributed by atoms with E-state index >= 15 is 0 Å². The second-order valence-electron chi connectivity index (χ2n) is 4.41. The van der Waals surface area contributed by atoms with Crippen LogP contribution in [-0.2, 0) is 22.1 Å². The van der Waals surface area contributed by atoms with Crippen molar-refractivity contribution in [1.29, 1.82) is 0 Å². The Labute approximate surface area is 137 Å². The lowest BCUT2D eigenvalue weighted by atomic mass is 10.4. The van der Waals surface area contributed by atoms with Crippen LogP contribution >= 0.6 is 11.3 Å². The van der Waals surface area contributed by atoms with Crippen LogP contribution in [0, 0.1) is 0 Å². The molecule has 0 aromatic carbocycles. The standard InChI is InChI=1S/C13H21F3N4O2S/c1-17-12(19-5-6-22-8-7-21-2)18-4-3-11-20-10(9-23-11)13(14,15)16/h9H,3-8H2,1-2H3,(H2,17,18,19). The molecule has 1 heterocycles. The molecule has 6 nitrogen and oxygen atoms in total. The summed E-state index contributed by atoms with van der Waals surface area (Å²) in [5.41, 5.74) is -0.840. The van der Waals surface area contributed by atoms with Gasteiger partial charge in [0.05, 0.1) is 24.8 Å². The molecule has 132 valence electrons. The number of methoxy groups -OCH3 is 1. The van der Waals surface area contributed by atoms with E-state index in [0.717, 1.165) is 16.7 Å². The SMILES string of the molecule is CN=C(NCCOCCOC)NCCc1nc(C(F)(F)F)cs1. The van der Waals surface area contributed by atoms with Crippen LogP contribution < -0.4 is 10.6 Å². The maximum absolute atomic E-state index is 12.4. The van der Waals surface area contributed by atoms with Gasteiger partial charge >= 0.3 is 6.18 Å². The minimum Gasteiger partial charge on any atom is -0.382 e. The van der Waals surface area contributed by atoms with Crippen LogP contribution in [0.15, 0.2) is 10.4 Å². The second-order valence-corrected chi connectivity index (χ2v) is 5.35. The van der Waals surface area contributed by atoms with Crippen molar-refractivity contribution in [1.82, 2.24) is 15.6 Å². The quantitative estimate of drug-likeness (QED) is 0.400. The van der Waals surface area contributed by atoms with Gasteiger partial charge in [-0.3, -0.25) is 4.99 Å². The van der Waals surface area contributed by atoms with Crippen molar-refractivity contribution in [2.24, 2.45) is 4.99 Å². The lowest BCUT2D eigenvalue weighted by Crippen LogP contribution is -2.39. The van der Waals surface area contributed by atoms with Crippen LogP contribution in [0.2, 0.25) is 0 Å². The molecule has 0 saturated carbocycles. The lowest BCUT2D eigenvalue weighted by Gasteiger charge is -2.11. The van der Waals surface area contributed by atoms with Crippen LogP contribution in [0.25, 0.3) is 0 Å². The monoisotopic (exact) mass is 354 g/mol. The number of hydrogen-bond donors (Lipinski definition) is 2. The van der Waals surface area contributed by atoms with Gasteiger partial charge in [-0.1, -0.05) is 0 Å². The van der Waals surface area contributed by atoms with Crippen molar-refractivity contribution >= 4 is 17.3 Å². The van der Waals surface area contributed by atoms with Crippen molar-refractivity contribution in [3.8, 4) is 0 Å². The number of guanidine groups is 1. The van der Waals surface area contributed by atoms with Gasteiger partial charge < -0.3 is 20.1 Å². The summed E-state index contributed by atoms with van der Waals surface area (Å²) >= 11 is 1.00. The normalized spacial score (nSPS) is 12.5. The van der Waals surface area contributed by atoms with E-state index in [0.29, 0.717) is 50.3 Å². The summed E-state index contributed by atoms with van der Waals surface area (Å²) in [4.78, 5) is 7.58. The molecule has 1 aromatic rings. The van der Waals surface area contributed by atoms with E-state index in [2.05, 4.69) is 20.6 Å². The zero-order valence-electron chi connectivity index (χ0n) is 13.1. The number of hydrogen-bond acceptors (Lipinski definition) is 5. The van der Waals surface area contributed by atoms with Crippen LogP contribution in [0.3, 0.4) is 0 Å². The Morgan fingerprint density at radius 2 is 2.00 bits per heavy atom. The van der Waals surface area contributed by atoms with Crippen molar-refractivity contribution in [3.05, 3.63) is 16.1 Å². The highest BCUT2D eigenvalue weighted by Gasteiger charge is 2.33. The first-order chi connectivity index (χ1) is 11.0. The fourth-order valence-corrected chi connectivity index (χ4v) is 2.36. The maximum atomic E-state index is 12.4. The highest BCUT2D eigenvalue weighted by atomic mass is 32.1. The van der Waals surface area contributed by atoms with Gasteiger partial charge in [0.25, 0.3) is 0 Å². The molecule has 1 aromatic heterocycles. The van der Waals surface area contributed by atoms with Crippen LogP contribution in [-0.4, -0.2) is 58.0 Å². The molecule has 0 fully saturated rings. The number of thiazole rings is 1. The molecule has 2 N–H and O–H groups in total. The van der Waals surface area contributed by atoms with Gasteiger partial charge in [-0.2, -0.15) is 13.2 Å². The van der Waals surface area contributed by atoms with Gasteiger partial charge in [0.2, 0.25) is 0 Å². The first-order valence-electron chi connectivity index (χ1n) is 7.00. The fraction of sp³-hybridized carbons (Fsp3) is 0.692. The Balaban J connectivity index is 2.21. The van der Waals surface area contributed by atoms with Crippen molar-refractivity contribution in [2.45, 2.75) is 12.6 Å². The molecule has 0 bridgehead atoms. The number of aliphatic imine (C=N–C) groups is 1. The Morgan fingerprint density at radius 1 is 1.26 bits per heavy atom. The van der Waals surface area contributed by atoms with Crippen LogP contribution in [0.4, 0.5) is 13.2 Å². The number of rotatable bonds is 9. The molecule has 23 heavy (non-hydrogen) atoms. The van der Waals surface area contributed by atoms with Gasteiger partial charge in [0, 0.05) is 39.0 Å². The van der Waals surface area contributed by atoms with Crippen molar-refractivity contribution in [2.75, 3.05) is 47.1 Å². The van der Waals surface area contributed by atoms with E-state index in [-0.39, 0.29) is 0 Å². The predicted molar refractivity (Wildman–Crippen MR) is 82.9 cm³/mol. The van der Waals surface area contributed by atoms with E-state index < -0.39 is 11.9 Å². The number of nitrogens with zero attached hydrogens (tertiary/aromatic N) is 2. The molecule has 0 unspecified atom stereocenters. The largest absolute Gasteiger partial charge is 0.434 e. The summed E-state index contributed by atoms with van der Waals surface area (Å²) in [5, 5.41) is 7.51.